The zero-order chi connectivity index (χ0) is 9.26. The third-order valence-electron chi connectivity index (χ3n) is 1.71. The van der Waals surface area contributed by atoms with Gasteiger partial charge in [-0.15, -0.1) is 0 Å². The number of hydrogen-bond donors (Lipinski definition) is 0. The largest absolute Gasteiger partial charge is 0.356 e. The number of carbonyl (C=O) groups is 1. The molecule has 0 radical (unpaired) electrons. The molecule has 0 aliphatic carbocycles. The SMILES string of the molecule is Cc1cc(-c2cscc2C=O)on1. The Morgan fingerprint density at radius 3 is 3.00 bits per heavy atom. The summed E-state index contributed by atoms with van der Waals surface area (Å²) in [5.41, 5.74) is 2.29. The highest BCUT2D eigenvalue weighted by Gasteiger charge is 2.09. The van der Waals surface area contributed by atoms with Crippen LogP contribution >= 0.6 is 11.3 Å². The Labute approximate surface area is 79.0 Å². The van der Waals surface area contributed by atoms with E-state index in [2.05, 4.69) is 5.16 Å². The van der Waals surface area contributed by atoms with Gasteiger partial charge in [-0.1, -0.05) is 5.16 Å². The molecule has 0 saturated carbocycles. The Kier molecular flexibility index (Phi) is 1.98. The van der Waals surface area contributed by atoms with Crippen LogP contribution in [0.3, 0.4) is 0 Å². The van der Waals surface area contributed by atoms with Crippen molar-refractivity contribution in [3.8, 4) is 11.3 Å². The molecule has 4 heteroatoms. The Morgan fingerprint density at radius 1 is 1.54 bits per heavy atom. The lowest BCUT2D eigenvalue weighted by atomic mass is 10.1. The van der Waals surface area contributed by atoms with Crippen LogP contribution in [0.2, 0.25) is 0 Å². The van der Waals surface area contributed by atoms with Crippen molar-refractivity contribution in [1.82, 2.24) is 5.16 Å². The van der Waals surface area contributed by atoms with Crippen molar-refractivity contribution in [2.75, 3.05) is 0 Å². The third kappa shape index (κ3) is 1.40. The van der Waals surface area contributed by atoms with Crippen LogP contribution in [0.4, 0.5) is 0 Å². The molecule has 0 amide bonds. The van der Waals surface area contributed by atoms with Crippen LogP contribution in [0.5, 0.6) is 0 Å². The molecule has 2 aromatic rings. The lowest BCUT2D eigenvalue weighted by molar-refractivity contribution is 0.112. The van der Waals surface area contributed by atoms with E-state index in [-0.39, 0.29) is 0 Å². The molecule has 3 nitrogen and oxygen atoms in total. The molecule has 0 unspecified atom stereocenters. The van der Waals surface area contributed by atoms with Gasteiger partial charge in [-0.25, -0.2) is 0 Å². The zero-order valence-electron chi connectivity index (χ0n) is 6.98. The van der Waals surface area contributed by atoms with Crippen molar-refractivity contribution in [3.63, 3.8) is 0 Å². The normalized spacial score (nSPS) is 10.2. The fourth-order valence-corrected chi connectivity index (χ4v) is 1.87. The van der Waals surface area contributed by atoms with Crippen molar-refractivity contribution >= 4 is 17.6 Å². The zero-order valence-corrected chi connectivity index (χ0v) is 7.80. The molecule has 0 N–H and O–H groups in total. The van der Waals surface area contributed by atoms with Gasteiger partial charge < -0.3 is 4.52 Å². The molecule has 0 atom stereocenters. The fourth-order valence-electron chi connectivity index (χ4n) is 1.09. The summed E-state index contributed by atoms with van der Waals surface area (Å²) in [5.74, 6) is 0.654. The minimum atomic E-state index is 0.654. The van der Waals surface area contributed by atoms with E-state index < -0.39 is 0 Å². The van der Waals surface area contributed by atoms with Gasteiger partial charge in [-0.3, -0.25) is 4.79 Å². The lowest BCUT2D eigenvalue weighted by Gasteiger charge is -1.89. The topological polar surface area (TPSA) is 43.1 Å². The number of thiophene rings is 1. The van der Waals surface area contributed by atoms with Gasteiger partial charge in [-0.05, 0) is 6.92 Å². The van der Waals surface area contributed by atoms with Gasteiger partial charge in [0.2, 0.25) is 0 Å². The van der Waals surface area contributed by atoms with Crippen molar-refractivity contribution in [2.45, 2.75) is 6.92 Å². The van der Waals surface area contributed by atoms with Crippen LogP contribution in [-0.2, 0) is 0 Å². The van der Waals surface area contributed by atoms with Crippen LogP contribution in [0.1, 0.15) is 16.1 Å². The van der Waals surface area contributed by atoms with Crippen LogP contribution < -0.4 is 0 Å². The summed E-state index contributed by atoms with van der Waals surface area (Å²) in [7, 11) is 0. The average Bonchev–Trinajstić information content (AvgIpc) is 2.71. The second kappa shape index (κ2) is 3.14. The summed E-state index contributed by atoms with van der Waals surface area (Å²) in [4.78, 5) is 10.6. The monoisotopic (exact) mass is 193 g/mol. The quantitative estimate of drug-likeness (QED) is 0.688. The van der Waals surface area contributed by atoms with E-state index in [1.54, 1.807) is 5.38 Å². The molecule has 0 aliphatic rings. The van der Waals surface area contributed by atoms with Crippen LogP contribution in [0, 0.1) is 6.92 Å². The molecule has 0 aromatic carbocycles. The fraction of sp³-hybridized carbons (Fsp3) is 0.111. The first-order valence-corrected chi connectivity index (χ1v) is 4.70. The number of carbonyl (C=O) groups excluding carboxylic acids is 1. The molecule has 66 valence electrons. The molecular formula is C9H7NO2S. The van der Waals surface area contributed by atoms with Crippen molar-refractivity contribution < 1.29 is 9.32 Å². The molecule has 0 bridgehead atoms. The number of rotatable bonds is 2. The lowest BCUT2D eigenvalue weighted by Crippen LogP contribution is -1.77. The summed E-state index contributed by atoms with van der Waals surface area (Å²) in [6, 6.07) is 1.81. The van der Waals surface area contributed by atoms with E-state index in [4.69, 9.17) is 4.52 Å². The van der Waals surface area contributed by atoms with Crippen molar-refractivity contribution in [2.24, 2.45) is 0 Å². The highest BCUT2D eigenvalue weighted by molar-refractivity contribution is 7.08. The van der Waals surface area contributed by atoms with E-state index >= 15 is 0 Å². The second-order valence-corrected chi connectivity index (χ2v) is 3.43. The molecular weight excluding hydrogens is 186 g/mol. The highest BCUT2D eigenvalue weighted by atomic mass is 32.1. The number of aryl methyl sites for hydroxylation is 1. The van der Waals surface area contributed by atoms with E-state index in [0.29, 0.717) is 11.3 Å². The summed E-state index contributed by atoms with van der Waals surface area (Å²) < 4.78 is 5.05. The van der Waals surface area contributed by atoms with E-state index in [1.807, 2.05) is 18.4 Å². The van der Waals surface area contributed by atoms with Crippen LogP contribution in [0.15, 0.2) is 21.3 Å². The van der Waals surface area contributed by atoms with E-state index in [9.17, 15) is 4.79 Å². The molecule has 0 aliphatic heterocycles. The Morgan fingerprint density at radius 2 is 2.38 bits per heavy atom. The highest BCUT2D eigenvalue weighted by Crippen LogP contribution is 2.26. The standard InChI is InChI=1S/C9H7NO2S/c1-6-2-9(12-10-6)8-5-13-4-7(8)3-11/h2-5H,1H3. The minimum absolute atomic E-state index is 0.654. The average molecular weight is 193 g/mol. The smallest absolute Gasteiger partial charge is 0.168 e. The molecule has 2 heterocycles. The van der Waals surface area contributed by atoms with Gasteiger partial charge in [0.15, 0.2) is 12.0 Å². The van der Waals surface area contributed by atoms with E-state index in [1.165, 1.54) is 11.3 Å². The molecule has 0 fully saturated rings. The molecule has 0 spiro atoms. The maximum Gasteiger partial charge on any atom is 0.168 e. The maximum absolute atomic E-state index is 10.6. The molecule has 2 rings (SSSR count). The van der Waals surface area contributed by atoms with Gasteiger partial charge in [-0.2, -0.15) is 11.3 Å². The Bertz CT molecular complexity index is 430. The predicted molar refractivity (Wildman–Crippen MR) is 49.9 cm³/mol. The van der Waals surface area contributed by atoms with Gasteiger partial charge in [0.25, 0.3) is 0 Å². The molecule has 0 saturated heterocycles. The number of hydrogen-bond acceptors (Lipinski definition) is 4. The van der Waals surface area contributed by atoms with E-state index in [0.717, 1.165) is 17.5 Å². The first kappa shape index (κ1) is 8.19. The van der Waals surface area contributed by atoms with Gasteiger partial charge in [0.1, 0.15) is 0 Å². The summed E-state index contributed by atoms with van der Waals surface area (Å²) >= 11 is 1.48. The summed E-state index contributed by atoms with van der Waals surface area (Å²) in [5, 5.41) is 7.43. The number of aromatic nitrogens is 1. The predicted octanol–water partition coefficient (Wildman–Crippen LogP) is 2.52. The number of nitrogens with zero attached hydrogens (tertiary/aromatic N) is 1. The van der Waals surface area contributed by atoms with Gasteiger partial charge >= 0.3 is 0 Å². The summed E-state index contributed by atoms with van der Waals surface area (Å²) in [6.07, 6.45) is 0.823. The van der Waals surface area contributed by atoms with Gasteiger partial charge in [0, 0.05) is 28.0 Å². The maximum atomic E-state index is 10.6. The van der Waals surface area contributed by atoms with Crippen LogP contribution in [0.25, 0.3) is 11.3 Å². The Hall–Kier alpha value is -1.42. The molecule has 2 aromatic heterocycles. The van der Waals surface area contributed by atoms with Crippen molar-refractivity contribution in [1.29, 1.82) is 0 Å². The number of aldehydes is 1. The summed E-state index contributed by atoms with van der Waals surface area (Å²) in [6.45, 7) is 1.85. The van der Waals surface area contributed by atoms with Crippen molar-refractivity contribution in [3.05, 3.63) is 28.1 Å². The Balaban J connectivity index is 2.51. The minimum Gasteiger partial charge on any atom is -0.356 e. The first-order valence-electron chi connectivity index (χ1n) is 3.76. The third-order valence-corrected chi connectivity index (χ3v) is 2.47. The van der Waals surface area contributed by atoms with Gasteiger partial charge in [0.05, 0.1) is 5.69 Å². The second-order valence-electron chi connectivity index (χ2n) is 2.69. The molecule has 13 heavy (non-hydrogen) atoms. The van der Waals surface area contributed by atoms with Crippen LogP contribution in [-0.4, -0.2) is 11.4 Å². The first-order chi connectivity index (χ1) is 6.31.